The van der Waals surface area contributed by atoms with Crippen LogP contribution in [0.4, 0.5) is 4.39 Å². The van der Waals surface area contributed by atoms with Crippen LogP contribution in [0.3, 0.4) is 0 Å². The molecular weight excluding hydrogens is 309 g/mol. The van der Waals surface area contributed by atoms with Crippen molar-refractivity contribution in [2.24, 2.45) is 0 Å². The van der Waals surface area contributed by atoms with E-state index in [0.717, 1.165) is 12.8 Å². The predicted molar refractivity (Wildman–Crippen MR) is 89.2 cm³/mol. The van der Waals surface area contributed by atoms with Crippen LogP contribution in [0, 0.1) is 5.82 Å². The Kier molecular flexibility index (Phi) is 4.67. The first kappa shape index (κ1) is 17.4. The van der Waals surface area contributed by atoms with Crippen LogP contribution in [0.1, 0.15) is 45.1 Å². The molecule has 2 aliphatic rings. The van der Waals surface area contributed by atoms with Gasteiger partial charge in [-0.15, -0.1) is 0 Å². The Morgan fingerprint density at radius 2 is 2.00 bits per heavy atom. The van der Waals surface area contributed by atoms with Crippen LogP contribution < -0.4 is 0 Å². The Hall–Kier alpha value is -1.46. The van der Waals surface area contributed by atoms with E-state index in [0.29, 0.717) is 38.1 Å². The van der Waals surface area contributed by atoms with Crippen molar-refractivity contribution in [3.05, 3.63) is 35.6 Å². The van der Waals surface area contributed by atoms with Gasteiger partial charge in [0, 0.05) is 25.3 Å². The van der Waals surface area contributed by atoms with Crippen molar-refractivity contribution in [3.63, 3.8) is 0 Å². The van der Waals surface area contributed by atoms with Gasteiger partial charge in [0.05, 0.1) is 17.1 Å². The topological polar surface area (TPSA) is 49.8 Å². The number of carbonyl (C=O) groups is 1. The van der Waals surface area contributed by atoms with Crippen LogP contribution in [-0.4, -0.2) is 47.3 Å². The second kappa shape index (κ2) is 6.45. The van der Waals surface area contributed by atoms with Crippen molar-refractivity contribution in [2.45, 2.75) is 56.7 Å². The molecule has 1 N–H and O–H groups in total. The van der Waals surface area contributed by atoms with E-state index in [4.69, 9.17) is 4.74 Å². The molecule has 1 unspecified atom stereocenters. The fourth-order valence-corrected chi connectivity index (χ4v) is 3.96. The number of ether oxygens (including phenoxy) is 1. The zero-order valence-corrected chi connectivity index (χ0v) is 14.4. The molecule has 1 spiro atoms. The smallest absolute Gasteiger partial charge is 0.232 e. The summed E-state index contributed by atoms with van der Waals surface area (Å²) in [5.74, 6) is -0.428. The van der Waals surface area contributed by atoms with Crippen molar-refractivity contribution < 1.29 is 19.0 Å². The highest BCUT2D eigenvalue weighted by atomic mass is 19.1. The van der Waals surface area contributed by atoms with E-state index in [1.54, 1.807) is 36.9 Å². The highest BCUT2D eigenvalue weighted by Gasteiger charge is 2.46. The summed E-state index contributed by atoms with van der Waals surface area (Å²) in [5, 5.41) is 10.3. The lowest BCUT2D eigenvalue weighted by Gasteiger charge is -2.47. The zero-order valence-electron chi connectivity index (χ0n) is 14.4. The second-order valence-electron chi connectivity index (χ2n) is 7.47. The third-order valence-electron chi connectivity index (χ3n) is 5.60. The van der Waals surface area contributed by atoms with Gasteiger partial charge in [0.2, 0.25) is 5.91 Å². The molecule has 4 nitrogen and oxygen atoms in total. The molecule has 1 amide bonds. The summed E-state index contributed by atoms with van der Waals surface area (Å²) in [4.78, 5) is 14.8. The number of hydrogen-bond acceptors (Lipinski definition) is 3. The lowest BCUT2D eigenvalue weighted by Crippen LogP contribution is -2.57. The molecule has 0 aliphatic carbocycles. The maximum absolute atomic E-state index is 14.1. The third-order valence-corrected chi connectivity index (χ3v) is 5.60. The average molecular weight is 335 g/mol. The first-order valence-corrected chi connectivity index (χ1v) is 8.73. The van der Waals surface area contributed by atoms with Crippen LogP contribution in [0.15, 0.2) is 24.3 Å². The van der Waals surface area contributed by atoms with Gasteiger partial charge < -0.3 is 14.7 Å². The summed E-state index contributed by atoms with van der Waals surface area (Å²) in [6.07, 6.45) is 2.45. The van der Waals surface area contributed by atoms with Crippen molar-refractivity contribution in [3.8, 4) is 0 Å². The van der Waals surface area contributed by atoms with E-state index in [1.165, 1.54) is 6.07 Å². The number of carbonyl (C=O) groups excluding carboxylic acids is 1. The molecule has 24 heavy (non-hydrogen) atoms. The van der Waals surface area contributed by atoms with Crippen molar-refractivity contribution in [2.75, 3.05) is 19.7 Å². The zero-order chi connectivity index (χ0) is 17.4. The van der Waals surface area contributed by atoms with Gasteiger partial charge >= 0.3 is 0 Å². The summed E-state index contributed by atoms with van der Waals surface area (Å²) in [7, 11) is 0. The number of halogens is 1. The summed E-state index contributed by atoms with van der Waals surface area (Å²) in [5.41, 5.74) is -0.997. The number of hydrogen-bond donors (Lipinski definition) is 1. The largest absolute Gasteiger partial charge is 0.390 e. The van der Waals surface area contributed by atoms with Gasteiger partial charge in [0.15, 0.2) is 0 Å². The number of nitrogens with zero attached hydrogens (tertiary/aromatic N) is 1. The van der Waals surface area contributed by atoms with E-state index < -0.39 is 17.1 Å². The van der Waals surface area contributed by atoms with Crippen molar-refractivity contribution in [1.29, 1.82) is 0 Å². The molecule has 3 rings (SSSR count). The van der Waals surface area contributed by atoms with Crippen LogP contribution in [0.5, 0.6) is 0 Å². The fourth-order valence-electron chi connectivity index (χ4n) is 3.96. The minimum atomic E-state index is -0.915. The minimum Gasteiger partial charge on any atom is -0.390 e. The van der Waals surface area contributed by atoms with E-state index in [1.807, 2.05) is 0 Å². The number of benzene rings is 1. The quantitative estimate of drug-likeness (QED) is 0.904. The number of aliphatic hydroxyl groups excluding tert-OH is 1. The standard InChI is InChI=1S/C19H26FNO3/c1-18(2,14-6-3-4-7-15(14)20)17(23)21-11-9-19(10-12-21)16(22)8-5-13-24-19/h3-4,6-7,16,22H,5,8-13H2,1-2H3. The van der Waals surface area contributed by atoms with E-state index in [2.05, 4.69) is 0 Å². The summed E-state index contributed by atoms with van der Waals surface area (Å²) < 4.78 is 20.0. The van der Waals surface area contributed by atoms with Gasteiger partial charge in [-0.05, 0) is 45.6 Å². The highest BCUT2D eigenvalue weighted by molar-refractivity contribution is 5.87. The third kappa shape index (κ3) is 2.95. The summed E-state index contributed by atoms with van der Waals surface area (Å²) in [6.45, 7) is 5.28. The Balaban J connectivity index is 1.72. The molecule has 2 fully saturated rings. The lowest BCUT2D eigenvalue weighted by molar-refractivity contribution is -0.180. The van der Waals surface area contributed by atoms with Crippen molar-refractivity contribution in [1.82, 2.24) is 4.90 Å². The molecule has 1 aromatic carbocycles. The van der Waals surface area contributed by atoms with E-state index in [-0.39, 0.29) is 11.7 Å². The number of likely N-dealkylation sites (tertiary alicyclic amines) is 1. The fraction of sp³-hybridized carbons (Fsp3) is 0.632. The molecule has 0 aromatic heterocycles. The SMILES string of the molecule is CC(C)(C(=O)N1CCC2(CC1)OCCCC2O)c1ccccc1F. The molecular formula is C19H26FNO3. The summed E-state index contributed by atoms with van der Waals surface area (Å²) in [6, 6.07) is 6.45. The minimum absolute atomic E-state index is 0.0762. The Morgan fingerprint density at radius 3 is 2.62 bits per heavy atom. The van der Waals surface area contributed by atoms with Crippen LogP contribution >= 0.6 is 0 Å². The predicted octanol–water partition coefficient (Wildman–Crippen LogP) is 2.64. The molecule has 2 aliphatic heterocycles. The van der Waals surface area contributed by atoms with Crippen LogP contribution in [0.25, 0.3) is 0 Å². The molecule has 1 aromatic rings. The average Bonchev–Trinajstić information content (AvgIpc) is 2.58. The van der Waals surface area contributed by atoms with Gasteiger partial charge in [-0.2, -0.15) is 0 Å². The normalized spacial score (nSPS) is 24.2. The van der Waals surface area contributed by atoms with E-state index >= 15 is 0 Å². The molecule has 132 valence electrons. The molecule has 1 atom stereocenters. The molecule has 0 bridgehead atoms. The first-order valence-electron chi connectivity index (χ1n) is 8.73. The first-order chi connectivity index (χ1) is 11.4. The van der Waals surface area contributed by atoms with Gasteiger partial charge in [0.1, 0.15) is 5.82 Å². The van der Waals surface area contributed by atoms with Gasteiger partial charge in [-0.3, -0.25) is 4.79 Å². The molecule has 0 radical (unpaired) electrons. The summed E-state index contributed by atoms with van der Waals surface area (Å²) >= 11 is 0. The number of rotatable bonds is 2. The Morgan fingerprint density at radius 1 is 1.33 bits per heavy atom. The van der Waals surface area contributed by atoms with Crippen molar-refractivity contribution >= 4 is 5.91 Å². The number of piperidine rings is 1. The Bertz CT molecular complexity index is 608. The van der Waals surface area contributed by atoms with Crippen LogP contribution in [-0.2, 0) is 14.9 Å². The van der Waals surface area contributed by atoms with Gasteiger partial charge in [-0.25, -0.2) is 4.39 Å². The van der Waals surface area contributed by atoms with Gasteiger partial charge in [-0.1, -0.05) is 18.2 Å². The lowest BCUT2D eigenvalue weighted by atomic mass is 9.79. The molecule has 0 saturated carbocycles. The molecule has 2 saturated heterocycles. The number of aliphatic hydroxyl groups is 1. The Labute approximate surface area is 142 Å². The highest BCUT2D eigenvalue weighted by Crippen LogP contribution is 2.37. The molecule has 2 heterocycles. The van der Waals surface area contributed by atoms with Crippen LogP contribution in [0.2, 0.25) is 0 Å². The number of amides is 1. The monoisotopic (exact) mass is 335 g/mol. The maximum atomic E-state index is 14.1. The van der Waals surface area contributed by atoms with Gasteiger partial charge in [0.25, 0.3) is 0 Å². The second-order valence-corrected chi connectivity index (χ2v) is 7.47. The maximum Gasteiger partial charge on any atom is 0.232 e. The van der Waals surface area contributed by atoms with E-state index in [9.17, 15) is 14.3 Å². The molecule has 5 heteroatoms.